The lowest BCUT2D eigenvalue weighted by atomic mass is 10.1. The maximum atomic E-state index is 3.64. The lowest BCUT2D eigenvalue weighted by Gasteiger charge is -2.17. The van der Waals surface area contributed by atoms with Crippen LogP contribution in [0.25, 0.3) is 21.8 Å². The summed E-state index contributed by atoms with van der Waals surface area (Å²) in [6, 6.07) is 36.8. The molecule has 0 saturated heterocycles. The molecular weight excluding hydrogens is 651 g/mol. The highest BCUT2D eigenvalue weighted by atomic mass is 15.1. The van der Waals surface area contributed by atoms with Crippen LogP contribution in [-0.2, 0) is 32.7 Å². The van der Waals surface area contributed by atoms with Crippen molar-refractivity contribution in [3.8, 4) is 23.7 Å². The number of anilines is 2. The fraction of sp³-hybridized carbons (Fsp3) is 0.304. The topological polar surface area (TPSA) is 61.2 Å². The summed E-state index contributed by atoms with van der Waals surface area (Å²) in [5, 5.41) is 16.4. The molecule has 0 spiro atoms. The van der Waals surface area contributed by atoms with Gasteiger partial charge < -0.3 is 35.3 Å². The number of hydrogen-bond donors (Lipinski definition) is 4. The third-order valence-electron chi connectivity index (χ3n) is 9.52. The van der Waals surface area contributed by atoms with Crippen LogP contribution in [0.3, 0.4) is 0 Å². The molecule has 6 rings (SSSR count). The largest absolute Gasteiger partial charge is 0.374 e. The monoisotopic (exact) mass is 703 g/mol. The van der Waals surface area contributed by atoms with E-state index in [4.69, 9.17) is 0 Å². The van der Waals surface area contributed by atoms with Gasteiger partial charge >= 0.3 is 0 Å². The molecular formula is C46H53N7. The summed E-state index contributed by atoms with van der Waals surface area (Å²) in [5.74, 6) is 13.4. The molecule has 0 fully saturated rings. The highest BCUT2D eigenvalue weighted by Gasteiger charge is 2.09. The summed E-state index contributed by atoms with van der Waals surface area (Å²) in [4.78, 5) is 2.36. The second-order valence-electron chi connectivity index (χ2n) is 13.4. The second-order valence-corrected chi connectivity index (χ2v) is 13.4. The molecule has 7 heteroatoms. The van der Waals surface area contributed by atoms with Gasteiger partial charge in [-0.1, -0.05) is 61.2 Å². The summed E-state index contributed by atoms with van der Waals surface area (Å²) >= 11 is 0. The van der Waals surface area contributed by atoms with Crippen LogP contribution in [0.5, 0.6) is 0 Å². The molecule has 53 heavy (non-hydrogen) atoms. The number of fused-ring (bicyclic) bond motifs is 2. The summed E-state index contributed by atoms with van der Waals surface area (Å²) in [6.45, 7) is 15.0. The minimum atomic E-state index is 0.599. The molecule has 272 valence electrons. The number of likely N-dealkylation sites (N-methyl/N-ethyl adjacent to an activating group) is 1. The third-order valence-corrected chi connectivity index (χ3v) is 9.52. The second kappa shape index (κ2) is 18.9. The molecule has 2 aromatic heterocycles. The molecule has 4 aromatic carbocycles. The van der Waals surface area contributed by atoms with Gasteiger partial charge in [-0.3, -0.25) is 0 Å². The van der Waals surface area contributed by atoms with Gasteiger partial charge in [-0.2, -0.15) is 0 Å². The molecule has 0 atom stereocenters. The normalized spacial score (nSPS) is 11.0. The SMILES string of the molecule is CCNCc1ccc2c(c1)cc(C#CCNc1ccc(CN(C)CCNCc3ccc4c(c3)cc(C#CCNc3ccccc3)n4CC)cc1)n2CC. The van der Waals surface area contributed by atoms with E-state index in [2.05, 4.69) is 172 Å². The van der Waals surface area contributed by atoms with Crippen molar-refractivity contribution in [1.29, 1.82) is 0 Å². The number of nitrogens with zero attached hydrogens (tertiary/aromatic N) is 3. The average Bonchev–Trinajstić information content (AvgIpc) is 3.73. The molecule has 2 heterocycles. The summed E-state index contributed by atoms with van der Waals surface area (Å²) in [7, 11) is 2.18. The van der Waals surface area contributed by atoms with Crippen LogP contribution >= 0.6 is 0 Å². The van der Waals surface area contributed by atoms with E-state index in [-0.39, 0.29) is 0 Å². The predicted octanol–water partition coefficient (Wildman–Crippen LogP) is 7.89. The van der Waals surface area contributed by atoms with Crippen LogP contribution in [-0.4, -0.2) is 53.8 Å². The van der Waals surface area contributed by atoms with Gasteiger partial charge in [0.25, 0.3) is 0 Å². The van der Waals surface area contributed by atoms with Gasteiger partial charge in [0, 0.05) is 79.0 Å². The molecule has 6 aromatic rings. The van der Waals surface area contributed by atoms with Gasteiger partial charge in [-0.05, 0) is 117 Å². The number of benzene rings is 4. The summed E-state index contributed by atoms with van der Waals surface area (Å²) in [5.41, 5.74) is 10.7. The van der Waals surface area contributed by atoms with Gasteiger partial charge in [0.1, 0.15) is 0 Å². The number of hydrogen-bond acceptors (Lipinski definition) is 5. The number of aryl methyl sites for hydroxylation is 2. The van der Waals surface area contributed by atoms with Crippen molar-refractivity contribution in [3.05, 3.63) is 131 Å². The quantitative estimate of drug-likeness (QED) is 0.0611. The van der Waals surface area contributed by atoms with E-state index in [1.807, 2.05) is 18.2 Å². The number of para-hydroxylation sites is 1. The van der Waals surface area contributed by atoms with E-state index in [9.17, 15) is 0 Å². The van der Waals surface area contributed by atoms with Gasteiger partial charge in [-0.15, -0.1) is 0 Å². The van der Waals surface area contributed by atoms with E-state index >= 15 is 0 Å². The molecule has 4 N–H and O–H groups in total. The van der Waals surface area contributed by atoms with Crippen LogP contribution in [0.4, 0.5) is 11.4 Å². The Hall–Kier alpha value is -5.44. The fourth-order valence-electron chi connectivity index (χ4n) is 6.76. The molecule has 0 amide bonds. The Morgan fingerprint density at radius 1 is 0.585 bits per heavy atom. The first-order chi connectivity index (χ1) is 26.0. The first-order valence-corrected chi connectivity index (χ1v) is 19.0. The van der Waals surface area contributed by atoms with E-state index in [0.717, 1.165) is 75.1 Å². The van der Waals surface area contributed by atoms with Crippen molar-refractivity contribution in [2.24, 2.45) is 0 Å². The van der Waals surface area contributed by atoms with Gasteiger partial charge in [0.15, 0.2) is 0 Å². The van der Waals surface area contributed by atoms with E-state index < -0.39 is 0 Å². The van der Waals surface area contributed by atoms with Crippen molar-refractivity contribution in [3.63, 3.8) is 0 Å². The van der Waals surface area contributed by atoms with E-state index in [1.54, 1.807) is 0 Å². The Morgan fingerprint density at radius 3 is 1.66 bits per heavy atom. The predicted molar refractivity (Wildman–Crippen MR) is 224 cm³/mol. The smallest absolute Gasteiger partial charge is 0.0931 e. The highest BCUT2D eigenvalue weighted by molar-refractivity contribution is 5.84. The molecule has 0 aliphatic heterocycles. The van der Waals surface area contributed by atoms with Crippen molar-refractivity contribution in [2.45, 2.75) is 53.5 Å². The highest BCUT2D eigenvalue weighted by Crippen LogP contribution is 2.23. The Morgan fingerprint density at radius 2 is 1.11 bits per heavy atom. The van der Waals surface area contributed by atoms with Crippen LogP contribution in [0.1, 0.15) is 48.8 Å². The molecule has 0 bridgehead atoms. The van der Waals surface area contributed by atoms with Crippen molar-refractivity contribution >= 4 is 33.2 Å². The Bertz CT molecular complexity index is 2210. The van der Waals surface area contributed by atoms with Gasteiger partial charge in [-0.25, -0.2) is 0 Å². The van der Waals surface area contributed by atoms with Crippen LogP contribution in [0, 0.1) is 23.7 Å². The number of aromatic nitrogens is 2. The number of nitrogens with one attached hydrogen (secondary N) is 4. The van der Waals surface area contributed by atoms with Crippen LogP contribution in [0.2, 0.25) is 0 Å². The molecule has 0 aliphatic rings. The Kier molecular flexibility index (Phi) is 13.3. The zero-order valence-corrected chi connectivity index (χ0v) is 31.7. The number of rotatable bonds is 16. The first kappa shape index (κ1) is 37.3. The standard InChI is InChI=1S/C46H53N7/c1-5-47-33-37-19-23-45-39(29-37)31-44(52(45)6-2)16-12-26-50-42-21-17-36(18-22-42)35-51(4)28-27-48-34-38-20-24-46-40(30-38)32-43(53(46)7-3)15-11-25-49-41-13-9-8-10-14-41/h8-10,13-14,17-24,29-32,47-50H,5-7,25-28,33-35H2,1-4H3. The van der Waals surface area contributed by atoms with Gasteiger partial charge in [0.2, 0.25) is 0 Å². The fourth-order valence-corrected chi connectivity index (χ4v) is 6.76. The summed E-state index contributed by atoms with van der Waals surface area (Å²) < 4.78 is 4.59. The zero-order chi connectivity index (χ0) is 36.8. The Labute approximate surface area is 315 Å². The minimum absolute atomic E-state index is 0.599. The minimum Gasteiger partial charge on any atom is -0.374 e. The zero-order valence-electron chi connectivity index (χ0n) is 31.7. The molecule has 0 saturated carbocycles. The molecule has 0 unspecified atom stereocenters. The molecule has 7 nitrogen and oxygen atoms in total. The van der Waals surface area contributed by atoms with E-state index in [0.29, 0.717) is 13.1 Å². The maximum Gasteiger partial charge on any atom is 0.0931 e. The van der Waals surface area contributed by atoms with E-state index in [1.165, 1.54) is 38.5 Å². The van der Waals surface area contributed by atoms with Crippen LogP contribution < -0.4 is 21.3 Å². The van der Waals surface area contributed by atoms with Crippen LogP contribution in [0.15, 0.2) is 103 Å². The average molecular weight is 704 g/mol. The Balaban J connectivity index is 0.930. The molecule has 0 aliphatic carbocycles. The first-order valence-electron chi connectivity index (χ1n) is 19.0. The van der Waals surface area contributed by atoms with Crippen molar-refractivity contribution in [1.82, 2.24) is 24.7 Å². The molecule has 0 radical (unpaired) electrons. The van der Waals surface area contributed by atoms with Crippen molar-refractivity contribution < 1.29 is 0 Å². The lowest BCUT2D eigenvalue weighted by molar-refractivity contribution is 0.324. The summed E-state index contributed by atoms with van der Waals surface area (Å²) in [6.07, 6.45) is 0. The third kappa shape index (κ3) is 10.1. The van der Waals surface area contributed by atoms with Gasteiger partial charge in [0.05, 0.1) is 24.5 Å². The maximum absolute atomic E-state index is 3.64. The lowest BCUT2D eigenvalue weighted by Crippen LogP contribution is -2.28. The van der Waals surface area contributed by atoms with Crippen molar-refractivity contribution in [2.75, 3.05) is 50.4 Å².